The van der Waals surface area contributed by atoms with E-state index in [0.717, 1.165) is 0 Å². The van der Waals surface area contributed by atoms with Crippen LogP contribution in [0, 0.1) is 0 Å². The zero-order valence-electron chi connectivity index (χ0n) is 16.9. The van der Waals surface area contributed by atoms with Crippen molar-refractivity contribution in [3.8, 4) is 11.5 Å². The third kappa shape index (κ3) is 3.87. The lowest BCUT2D eigenvalue weighted by atomic mass is 10.0. The minimum atomic E-state index is -0.568. The number of methoxy groups -OCH3 is 2. The van der Waals surface area contributed by atoms with Crippen LogP contribution in [0.4, 0.5) is 5.69 Å². The minimum Gasteiger partial charge on any atom is -0.497 e. The lowest BCUT2D eigenvalue weighted by Crippen LogP contribution is -2.24. The molecule has 3 rings (SSSR count). The van der Waals surface area contributed by atoms with Gasteiger partial charge in [-0.3, -0.25) is 9.69 Å². The Labute approximate surface area is 170 Å². The van der Waals surface area contributed by atoms with Crippen LogP contribution >= 0.6 is 0 Å². The Morgan fingerprint density at radius 1 is 1.10 bits per heavy atom. The summed E-state index contributed by atoms with van der Waals surface area (Å²) in [5.41, 5.74) is 2.29. The number of anilines is 1. The molecule has 0 unspecified atom stereocenters. The van der Waals surface area contributed by atoms with Gasteiger partial charge in [0.05, 0.1) is 37.7 Å². The average Bonchev–Trinajstić information content (AvgIpc) is 2.98. The Morgan fingerprint density at radius 3 is 2.55 bits per heavy atom. The van der Waals surface area contributed by atoms with Crippen LogP contribution in [-0.4, -0.2) is 32.7 Å². The second-order valence-electron chi connectivity index (χ2n) is 6.32. The van der Waals surface area contributed by atoms with E-state index >= 15 is 0 Å². The molecule has 1 aliphatic heterocycles. The fraction of sp³-hybridized carbons (Fsp3) is 0.217. The number of amides is 1. The molecule has 0 saturated heterocycles. The fourth-order valence-corrected chi connectivity index (χ4v) is 3.28. The quantitative estimate of drug-likeness (QED) is 0.549. The van der Waals surface area contributed by atoms with Crippen LogP contribution in [-0.2, 0) is 14.3 Å². The Hall–Kier alpha value is -3.54. The van der Waals surface area contributed by atoms with Crippen molar-refractivity contribution in [3.05, 3.63) is 70.9 Å². The zero-order chi connectivity index (χ0) is 21.0. The van der Waals surface area contributed by atoms with Gasteiger partial charge < -0.3 is 14.2 Å². The number of esters is 1. The number of carbonyl (C=O) groups excluding carboxylic acids is 2. The highest BCUT2D eigenvalue weighted by atomic mass is 16.5. The van der Waals surface area contributed by atoms with Crippen molar-refractivity contribution < 1.29 is 23.8 Å². The van der Waals surface area contributed by atoms with Crippen molar-refractivity contribution in [1.29, 1.82) is 0 Å². The van der Waals surface area contributed by atoms with Gasteiger partial charge in [-0.05, 0) is 38.1 Å². The van der Waals surface area contributed by atoms with Crippen molar-refractivity contribution in [2.45, 2.75) is 13.8 Å². The van der Waals surface area contributed by atoms with E-state index < -0.39 is 5.97 Å². The maximum atomic E-state index is 13.3. The molecule has 0 fully saturated rings. The van der Waals surface area contributed by atoms with Crippen molar-refractivity contribution in [1.82, 2.24) is 0 Å². The number of para-hydroxylation sites is 1. The van der Waals surface area contributed by atoms with Gasteiger partial charge in [0.2, 0.25) is 0 Å². The highest BCUT2D eigenvalue weighted by Crippen LogP contribution is 2.37. The summed E-state index contributed by atoms with van der Waals surface area (Å²) in [5, 5.41) is 0. The molecular formula is C23H23NO5. The second kappa shape index (κ2) is 8.65. The monoisotopic (exact) mass is 393 g/mol. The molecule has 0 bridgehead atoms. The van der Waals surface area contributed by atoms with E-state index in [2.05, 4.69) is 0 Å². The number of nitrogens with zero attached hydrogens (tertiary/aromatic N) is 1. The molecule has 1 amide bonds. The molecule has 0 spiro atoms. The fourth-order valence-electron chi connectivity index (χ4n) is 3.28. The van der Waals surface area contributed by atoms with Crippen LogP contribution in [0.3, 0.4) is 0 Å². The molecule has 0 N–H and O–H groups in total. The summed E-state index contributed by atoms with van der Waals surface area (Å²) < 4.78 is 15.9. The highest BCUT2D eigenvalue weighted by Gasteiger charge is 2.38. The molecule has 6 nitrogen and oxygen atoms in total. The molecule has 0 aliphatic carbocycles. The molecule has 0 radical (unpaired) electrons. The van der Waals surface area contributed by atoms with E-state index in [0.29, 0.717) is 35.1 Å². The van der Waals surface area contributed by atoms with Gasteiger partial charge in [-0.1, -0.05) is 24.3 Å². The zero-order valence-corrected chi connectivity index (χ0v) is 16.9. The number of hydrogen-bond donors (Lipinski definition) is 0. The van der Waals surface area contributed by atoms with E-state index in [4.69, 9.17) is 14.2 Å². The van der Waals surface area contributed by atoms with Gasteiger partial charge in [0, 0.05) is 17.3 Å². The van der Waals surface area contributed by atoms with Gasteiger partial charge in [-0.25, -0.2) is 4.79 Å². The molecular weight excluding hydrogens is 370 g/mol. The third-order valence-electron chi connectivity index (χ3n) is 4.62. The molecule has 150 valence electrons. The molecule has 0 atom stereocenters. The first-order valence-electron chi connectivity index (χ1n) is 9.23. The van der Waals surface area contributed by atoms with Crippen LogP contribution in [0.2, 0.25) is 0 Å². The van der Waals surface area contributed by atoms with Gasteiger partial charge >= 0.3 is 5.97 Å². The molecule has 6 heteroatoms. The van der Waals surface area contributed by atoms with Crippen molar-refractivity contribution in [2.75, 3.05) is 25.7 Å². The summed E-state index contributed by atoms with van der Waals surface area (Å²) >= 11 is 0. The van der Waals surface area contributed by atoms with E-state index in [1.165, 1.54) is 12.0 Å². The smallest absolute Gasteiger partial charge is 0.340 e. The number of rotatable bonds is 6. The first kappa shape index (κ1) is 20.2. The largest absolute Gasteiger partial charge is 0.497 e. The Morgan fingerprint density at radius 2 is 1.86 bits per heavy atom. The SMILES string of the molecule is CCOc1ccccc1/C=C1\C(=O)N(c2cccc(OC)c2)C(C)=C1C(=O)OC. The topological polar surface area (TPSA) is 65.1 Å². The first-order chi connectivity index (χ1) is 14.0. The van der Waals surface area contributed by atoms with E-state index in [1.807, 2.05) is 31.2 Å². The standard InChI is InChI=1S/C23H23NO5/c1-5-29-20-12-7-6-9-16(20)13-19-21(23(26)28-4)15(2)24(22(19)25)17-10-8-11-18(14-17)27-3/h6-14H,5H2,1-4H3/b19-13-. The summed E-state index contributed by atoms with van der Waals surface area (Å²) in [6.45, 7) is 4.10. The first-order valence-corrected chi connectivity index (χ1v) is 9.23. The Kier molecular flexibility index (Phi) is 6.02. The normalized spacial score (nSPS) is 15.1. The number of hydrogen-bond acceptors (Lipinski definition) is 5. The summed E-state index contributed by atoms with van der Waals surface area (Å²) in [4.78, 5) is 27.4. The van der Waals surface area contributed by atoms with Gasteiger partial charge in [0.15, 0.2) is 0 Å². The molecule has 1 aliphatic rings. The number of carbonyl (C=O) groups is 2. The molecule has 0 saturated carbocycles. The van der Waals surface area contributed by atoms with Crippen LogP contribution in [0.15, 0.2) is 65.4 Å². The number of benzene rings is 2. The number of allylic oxidation sites excluding steroid dienone is 1. The molecule has 2 aromatic carbocycles. The minimum absolute atomic E-state index is 0.228. The summed E-state index contributed by atoms with van der Waals surface area (Å²) in [6, 6.07) is 14.5. The highest BCUT2D eigenvalue weighted by molar-refractivity contribution is 6.24. The Balaban J connectivity index is 2.15. The van der Waals surface area contributed by atoms with Crippen molar-refractivity contribution in [2.24, 2.45) is 0 Å². The third-order valence-corrected chi connectivity index (χ3v) is 4.62. The average molecular weight is 393 g/mol. The van der Waals surface area contributed by atoms with Gasteiger partial charge in [0.1, 0.15) is 11.5 Å². The predicted octanol–water partition coefficient (Wildman–Crippen LogP) is 3.97. The maximum Gasteiger partial charge on any atom is 0.340 e. The van der Waals surface area contributed by atoms with Gasteiger partial charge in [-0.2, -0.15) is 0 Å². The van der Waals surface area contributed by atoms with E-state index in [1.54, 1.807) is 44.4 Å². The molecule has 0 aromatic heterocycles. The molecule has 1 heterocycles. The molecule has 2 aromatic rings. The van der Waals surface area contributed by atoms with E-state index in [-0.39, 0.29) is 17.1 Å². The van der Waals surface area contributed by atoms with Crippen LogP contribution in [0.5, 0.6) is 11.5 Å². The Bertz CT molecular complexity index is 1010. The predicted molar refractivity (Wildman–Crippen MR) is 111 cm³/mol. The van der Waals surface area contributed by atoms with Crippen molar-refractivity contribution in [3.63, 3.8) is 0 Å². The van der Waals surface area contributed by atoms with Crippen LogP contribution in [0.25, 0.3) is 6.08 Å². The van der Waals surface area contributed by atoms with E-state index in [9.17, 15) is 9.59 Å². The maximum absolute atomic E-state index is 13.3. The van der Waals surface area contributed by atoms with Gasteiger partial charge in [-0.15, -0.1) is 0 Å². The van der Waals surface area contributed by atoms with Crippen LogP contribution in [0.1, 0.15) is 19.4 Å². The molecule has 29 heavy (non-hydrogen) atoms. The lowest BCUT2D eigenvalue weighted by molar-refractivity contribution is -0.136. The summed E-state index contributed by atoms with van der Waals surface area (Å²) in [5.74, 6) is 0.364. The number of ether oxygens (including phenoxy) is 3. The summed E-state index contributed by atoms with van der Waals surface area (Å²) in [7, 11) is 2.86. The summed E-state index contributed by atoms with van der Waals surface area (Å²) in [6.07, 6.45) is 1.67. The lowest BCUT2D eigenvalue weighted by Gasteiger charge is -2.18. The van der Waals surface area contributed by atoms with Gasteiger partial charge in [0.25, 0.3) is 5.91 Å². The second-order valence-corrected chi connectivity index (χ2v) is 6.32. The van der Waals surface area contributed by atoms with Crippen LogP contribution < -0.4 is 14.4 Å². The van der Waals surface area contributed by atoms with Crippen molar-refractivity contribution >= 4 is 23.6 Å².